The minimum absolute atomic E-state index is 0.245. The second-order valence-electron chi connectivity index (χ2n) is 4.54. The van der Waals surface area contributed by atoms with E-state index in [2.05, 4.69) is 43.9 Å². The number of anilines is 1. The molecule has 4 nitrogen and oxygen atoms in total. The minimum atomic E-state index is 0.245. The first-order chi connectivity index (χ1) is 8.74. The second-order valence-corrected chi connectivity index (χ2v) is 5.40. The summed E-state index contributed by atoms with van der Waals surface area (Å²) in [4.78, 5) is 4.66. The summed E-state index contributed by atoms with van der Waals surface area (Å²) in [6.07, 6.45) is 0. The summed E-state index contributed by atoms with van der Waals surface area (Å²) in [5, 5.41) is 8.93. The lowest BCUT2D eigenvalue weighted by Gasteiger charge is -2.36. The molecule has 1 aromatic carbocycles. The summed E-state index contributed by atoms with van der Waals surface area (Å²) in [6, 6.07) is 6.31. The van der Waals surface area contributed by atoms with Gasteiger partial charge in [0.2, 0.25) is 0 Å². The Balaban J connectivity index is 2.01. The molecule has 0 atom stereocenters. The highest BCUT2D eigenvalue weighted by molar-refractivity contribution is 9.10. The van der Waals surface area contributed by atoms with Gasteiger partial charge in [-0.1, -0.05) is 6.07 Å². The molecule has 0 unspecified atom stereocenters. The number of piperazine rings is 1. The molecule has 0 aromatic heterocycles. The van der Waals surface area contributed by atoms with E-state index in [4.69, 9.17) is 10.8 Å². The van der Waals surface area contributed by atoms with Crippen LogP contribution >= 0.6 is 15.9 Å². The molecule has 2 rings (SSSR count). The third-order valence-corrected chi connectivity index (χ3v) is 4.01. The highest BCUT2D eigenvalue weighted by Crippen LogP contribution is 2.28. The van der Waals surface area contributed by atoms with Crippen LogP contribution in [-0.2, 0) is 6.54 Å². The number of aliphatic hydroxyl groups excluding tert-OH is 1. The molecule has 1 aliphatic heterocycles. The molecule has 0 amide bonds. The Bertz CT molecular complexity index is 392. The van der Waals surface area contributed by atoms with Crippen LogP contribution in [-0.4, -0.2) is 49.3 Å². The van der Waals surface area contributed by atoms with Crippen LogP contribution in [0, 0.1) is 0 Å². The van der Waals surface area contributed by atoms with Gasteiger partial charge in [-0.2, -0.15) is 0 Å². The van der Waals surface area contributed by atoms with E-state index >= 15 is 0 Å². The zero-order valence-corrected chi connectivity index (χ0v) is 12.1. The van der Waals surface area contributed by atoms with Crippen LogP contribution in [0.1, 0.15) is 5.56 Å². The van der Waals surface area contributed by atoms with Gasteiger partial charge in [0.25, 0.3) is 0 Å². The van der Waals surface area contributed by atoms with E-state index < -0.39 is 0 Å². The zero-order valence-electron chi connectivity index (χ0n) is 10.5. The van der Waals surface area contributed by atoms with Crippen LogP contribution in [0.4, 0.5) is 5.69 Å². The Morgan fingerprint density at radius 2 is 1.94 bits per heavy atom. The number of hydrogen-bond donors (Lipinski definition) is 2. The van der Waals surface area contributed by atoms with E-state index in [1.807, 2.05) is 0 Å². The van der Waals surface area contributed by atoms with E-state index in [0.717, 1.165) is 42.8 Å². The Morgan fingerprint density at radius 1 is 1.22 bits per heavy atom. The van der Waals surface area contributed by atoms with Crippen molar-refractivity contribution in [3.05, 3.63) is 28.2 Å². The van der Waals surface area contributed by atoms with Gasteiger partial charge in [-0.3, -0.25) is 4.90 Å². The van der Waals surface area contributed by atoms with Crippen molar-refractivity contribution in [2.45, 2.75) is 6.54 Å². The first-order valence-corrected chi connectivity index (χ1v) is 7.10. The summed E-state index contributed by atoms with van der Waals surface area (Å²) < 4.78 is 1.11. The van der Waals surface area contributed by atoms with Crippen LogP contribution < -0.4 is 10.6 Å². The molecule has 3 N–H and O–H groups in total. The van der Waals surface area contributed by atoms with Gasteiger partial charge in [0.15, 0.2) is 0 Å². The molecule has 1 aliphatic rings. The number of β-amino-alcohol motifs (C(OH)–C–C–N with tert-alkyl or cyclic N) is 1. The number of aliphatic hydroxyl groups is 1. The van der Waals surface area contributed by atoms with E-state index in [9.17, 15) is 0 Å². The number of hydrogen-bond acceptors (Lipinski definition) is 4. The number of nitrogens with two attached hydrogens (primary N) is 1. The molecular weight excluding hydrogens is 294 g/mol. The highest BCUT2D eigenvalue weighted by Gasteiger charge is 2.18. The Labute approximate surface area is 117 Å². The van der Waals surface area contributed by atoms with Gasteiger partial charge >= 0.3 is 0 Å². The average Bonchev–Trinajstić information content (AvgIpc) is 2.40. The zero-order chi connectivity index (χ0) is 13.0. The van der Waals surface area contributed by atoms with Crippen molar-refractivity contribution >= 4 is 21.6 Å². The normalized spacial score (nSPS) is 17.2. The largest absolute Gasteiger partial charge is 0.395 e. The van der Waals surface area contributed by atoms with Crippen molar-refractivity contribution in [3.63, 3.8) is 0 Å². The van der Waals surface area contributed by atoms with Gasteiger partial charge in [0, 0.05) is 43.7 Å². The molecule has 100 valence electrons. The number of rotatable bonds is 4. The summed E-state index contributed by atoms with van der Waals surface area (Å²) in [7, 11) is 0. The molecule has 0 bridgehead atoms. The number of halogens is 1. The van der Waals surface area contributed by atoms with Crippen LogP contribution in [0.15, 0.2) is 22.7 Å². The molecule has 0 radical (unpaired) electrons. The Kier molecular flexibility index (Phi) is 5.00. The monoisotopic (exact) mass is 313 g/mol. The van der Waals surface area contributed by atoms with E-state index in [1.54, 1.807) is 0 Å². The fraction of sp³-hybridized carbons (Fsp3) is 0.538. The quantitative estimate of drug-likeness (QED) is 0.871. The minimum Gasteiger partial charge on any atom is -0.395 e. The van der Waals surface area contributed by atoms with Crippen molar-refractivity contribution < 1.29 is 5.11 Å². The lowest BCUT2D eigenvalue weighted by molar-refractivity contribution is 0.188. The van der Waals surface area contributed by atoms with Crippen molar-refractivity contribution in [3.8, 4) is 0 Å². The number of benzene rings is 1. The molecule has 18 heavy (non-hydrogen) atoms. The summed E-state index contributed by atoms with van der Waals surface area (Å²) >= 11 is 3.62. The van der Waals surface area contributed by atoms with E-state index in [-0.39, 0.29) is 6.61 Å². The van der Waals surface area contributed by atoms with Crippen molar-refractivity contribution in [1.82, 2.24) is 4.90 Å². The van der Waals surface area contributed by atoms with Gasteiger partial charge in [-0.25, -0.2) is 0 Å². The number of nitrogens with zero attached hydrogens (tertiary/aromatic N) is 2. The van der Waals surface area contributed by atoms with Crippen molar-refractivity contribution in [2.75, 3.05) is 44.2 Å². The first kappa shape index (κ1) is 13.8. The van der Waals surface area contributed by atoms with Gasteiger partial charge in [-0.05, 0) is 33.6 Å². The predicted octanol–water partition coefficient (Wildman–Crippen LogP) is 1.02. The molecule has 1 fully saturated rings. The third-order valence-electron chi connectivity index (χ3n) is 3.38. The lowest BCUT2D eigenvalue weighted by Crippen LogP contribution is -2.47. The topological polar surface area (TPSA) is 52.7 Å². The second kappa shape index (κ2) is 6.52. The van der Waals surface area contributed by atoms with Gasteiger partial charge in [0.05, 0.1) is 12.3 Å². The van der Waals surface area contributed by atoms with E-state index in [1.165, 1.54) is 5.69 Å². The molecule has 1 aromatic rings. The summed E-state index contributed by atoms with van der Waals surface area (Å²) in [5.74, 6) is 0. The van der Waals surface area contributed by atoms with Crippen LogP contribution in [0.3, 0.4) is 0 Å². The maximum absolute atomic E-state index is 8.93. The van der Waals surface area contributed by atoms with E-state index in [0.29, 0.717) is 6.54 Å². The molecule has 1 heterocycles. The van der Waals surface area contributed by atoms with Gasteiger partial charge < -0.3 is 15.7 Å². The van der Waals surface area contributed by atoms with Gasteiger partial charge in [0.1, 0.15) is 0 Å². The smallest absolute Gasteiger partial charge is 0.0558 e. The molecule has 0 aliphatic carbocycles. The van der Waals surface area contributed by atoms with Crippen LogP contribution in [0.5, 0.6) is 0 Å². The van der Waals surface area contributed by atoms with Crippen molar-refractivity contribution in [1.29, 1.82) is 0 Å². The average molecular weight is 314 g/mol. The molecule has 5 heteroatoms. The Morgan fingerprint density at radius 3 is 2.50 bits per heavy atom. The maximum Gasteiger partial charge on any atom is 0.0558 e. The lowest BCUT2D eigenvalue weighted by atomic mass is 10.2. The summed E-state index contributed by atoms with van der Waals surface area (Å²) in [6.45, 7) is 5.61. The predicted molar refractivity (Wildman–Crippen MR) is 77.8 cm³/mol. The maximum atomic E-state index is 8.93. The van der Waals surface area contributed by atoms with Crippen molar-refractivity contribution in [2.24, 2.45) is 5.73 Å². The SMILES string of the molecule is NCc1ccc(N2CCN(CCO)CC2)c(Br)c1. The molecule has 0 spiro atoms. The first-order valence-electron chi connectivity index (χ1n) is 6.31. The third kappa shape index (κ3) is 3.23. The molecule has 0 saturated carbocycles. The molecular formula is C13H20BrN3O. The fourth-order valence-corrected chi connectivity index (χ4v) is 2.96. The standard InChI is InChI=1S/C13H20BrN3O/c14-12-9-11(10-15)1-2-13(12)17-5-3-16(4-6-17)7-8-18/h1-2,9,18H,3-8,10,15H2. The fourth-order valence-electron chi connectivity index (χ4n) is 2.29. The molecule has 1 saturated heterocycles. The van der Waals surface area contributed by atoms with Gasteiger partial charge in [-0.15, -0.1) is 0 Å². The Hall–Kier alpha value is -0.620. The van der Waals surface area contributed by atoms with Crippen LogP contribution in [0.25, 0.3) is 0 Å². The van der Waals surface area contributed by atoms with Crippen LogP contribution in [0.2, 0.25) is 0 Å². The highest BCUT2D eigenvalue weighted by atomic mass is 79.9. The summed E-state index contributed by atoms with van der Waals surface area (Å²) in [5.41, 5.74) is 8.01.